The van der Waals surface area contributed by atoms with Crippen molar-refractivity contribution in [3.05, 3.63) is 53.4 Å². The van der Waals surface area contributed by atoms with Crippen molar-refractivity contribution < 1.29 is 27.8 Å². The van der Waals surface area contributed by atoms with Gasteiger partial charge in [-0.05, 0) is 18.4 Å². The molecule has 192 valence electrons. The minimum Gasteiger partial charge on any atom is -0.493 e. The highest BCUT2D eigenvalue weighted by Crippen LogP contribution is 2.37. The Morgan fingerprint density at radius 3 is 2.54 bits per heavy atom. The van der Waals surface area contributed by atoms with Crippen LogP contribution in [0.4, 0.5) is 14.6 Å². The van der Waals surface area contributed by atoms with E-state index in [0.717, 1.165) is 17.1 Å². The van der Waals surface area contributed by atoms with E-state index in [2.05, 4.69) is 23.4 Å². The van der Waals surface area contributed by atoms with Crippen LogP contribution in [0.15, 0.2) is 24.9 Å². The number of amides is 1. The molecule has 1 aromatic carbocycles. The predicted molar refractivity (Wildman–Crippen MR) is 131 cm³/mol. The molecule has 0 bridgehead atoms. The van der Waals surface area contributed by atoms with Crippen LogP contribution in [-0.2, 0) is 9.53 Å². The molecule has 1 amide bonds. The molecule has 2 N–H and O–H groups in total. The summed E-state index contributed by atoms with van der Waals surface area (Å²) in [6.07, 6.45) is 3.64. The molecular weight excluding hydrogens is 484 g/mol. The van der Waals surface area contributed by atoms with Gasteiger partial charge in [0.25, 0.3) is 0 Å². The third-order valence-electron chi connectivity index (χ3n) is 6.74. The van der Waals surface area contributed by atoms with Crippen LogP contribution in [0, 0.1) is 23.5 Å². The summed E-state index contributed by atoms with van der Waals surface area (Å²) in [5.41, 5.74) is 7.61. The van der Waals surface area contributed by atoms with Crippen LogP contribution >= 0.6 is 0 Å². The van der Waals surface area contributed by atoms with Gasteiger partial charge in [-0.2, -0.15) is 5.10 Å². The van der Waals surface area contributed by atoms with Gasteiger partial charge in [-0.1, -0.05) is 12.5 Å². The van der Waals surface area contributed by atoms with Crippen molar-refractivity contribution in [2.45, 2.75) is 18.4 Å². The molecule has 1 atom stereocenters. The fourth-order valence-corrected chi connectivity index (χ4v) is 4.67. The number of halogens is 2. The lowest BCUT2D eigenvalue weighted by molar-refractivity contribution is -0.125. The van der Waals surface area contributed by atoms with E-state index in [4.69, 9.17) is 25.0 Å². The summed E-state index contributed by atoms with van der Waals surface area (Å²) in [6.45, 7) is 5.59. The molecule has 0 radical (unpaired) electrons. The zero-order chi connectivity index (χ0) is 26.3. The summed E-state index contributed by atoms with van der Waals surface area (Å²) >= 11 is 0. The molecule has 0 aliphatic carbocycles. The number of aromatic nitrogens is 3. The molecule has 5 rings (SSSR count). The molecule has 0 saturated carbocycles. The number of hydrogen-bond donors (Lipinski definition) is 1. The summed E-state index contributed by atoms with van der Waals surface area (Å²) in [5, 5.41) is 5.21. The third-order valence-corrected chi connectivity index (χ3v) is 6.74. The lowest BCUT2D eigenvalue weighted by Gasteiger charge is -2.27. The van der Waals surface area contributed by atoms with Crippen LogP contribution in [0.5, 0.6) is 11.5 Å². The monoisotopic (exact) mass is 509 g/mol. The zero-order valence-corrected chi connectivity index (χ0v) is 20.4. The first-order chi connectivity index (χ1) is 17.9. The smallest absolute Gasteiger partial charge is 0.246 e. The van der Waals surface area contributed by atoms with Gasteiger partial charge in [0, 0.05) is 36.8 Å². The number of pyridine rings is 1. The van der Waals surface area contributed by atoms with Crippen molar-refractivity contribution >= 4 is 22.6 Å². The van der Waals surface area contributed by atoms with Gasteiger partial charge in [0.2, 0.25) is 5.91 Å². The molecule has 3 aromatic rings. The molecule has 2 aromatic heterocycles. The number of rotatable bonds is 5. The molecule has 0 spiro atoms. The number of likely N-dealkylation sites (tertiary alicyclic amines) is 1. The van der Waals surface area contributed by atoms with Gasteiger partial charge >= 0.3 is 0 Å². The van der Waals surface area contributed by atoms with Crippen LogP contribution < -0.4 is 15.2 Å². The van der Waals surface area contributed by atoms with E-state index in [1.54, 1.807) is 15.8 Å². The highest BCUT2D eigenvalue weighted by molar-refractivity contribution is 5.95. The normalized spacial score (nSPS) is 17.3. The maximum Gasteiger partial charge on any atom is 0.246 e. The number of methoxy groups -OCH3 is 2. The second-order valence-corrected chi connectivity index (χ2v) is 8.81. The number of hydrogen-bond acceptors (Lipinski definition) is 7. The predicted octanol–water partition coefficient (Wildman–Crippen LogP) is 2.78. The van der Waals surface area contributed by atoms with Gasteiger partial charge in [0.1, 0.15) is 17.1 Å². The summed E-state index contributed by atoms with van der Waals surface area (Å²) < 4.78 is 47.1. The summed E-state index contributed by atoms with van der Waals surface area (Å²) in [5.74, 6) is 3.17. The number of nitrogens with two attached hydrogens (primary N) is 1. The van der Waals surface area contributed by atoms with Crippen LogP contribution in [0.3, 0.4) is 0 Å². The van der Waals surface area contributed by atoms with Crippen molar-refractivity contribution in [3.8, 4) is 23.3 Å². The van der Waals surface area contributed by atoms with Gasteiger partial charge in [-0.3, -0.25) is 9.48 Å². The number of benzene rings is 1. The summed E-state index contributed by atoms with van der Waals surface area (Å²) in [7, 11) is 2.53. The first kappa shape index (κ1) is 24.5. The first-order valence-corrected chi connectivity index (χ1v) is 11.7. The van der Waals surface area contributed by atoms with Gasteiger partial charge in [0.05, 0.1) is 44.4 Å². The largest absolute Gasteiger partial charge is 0.493 e. The van der Waals surface area contributed by atoms with Gasteiger partial charge in [-0.15, -0.1) is 0 Å². The zero-order valence-electron chi connectivity index (χ0n) is 20.4. The van der Waals surface area contributed by atoms with Crippen LogP contribution in [-0.4, -0.2) is 66.1 Å². The van der Waals surface area contributed by atoms with E-state index in [1.807, 2.05) is 0 Å². The van der Waals surface area contributed by atoms with E-state index < -0.39 is 17.2 Å². The molecule has 2 aliphatic heterocycles. The number of nitrogens with zero attached hydrogens (tertiary/aromatic N) is 4. The minimum atomic E-state index is -0.954. The van der Waals surface area contributed by atoms with Crippen molar-refractivity contribution in [1.82, 2.24) is 19.7 Å². The number of carbonyl (C=O) groups excluding carboxylic acids is 1. The van der Waals surface area contributed by atoms with Crippen LogP contribution in [0.2, 0.25) is 0 Å². The Bertz CT molecular complexity index is 1440. The molecule has 4 heterocycles. The highest BCUT2D eigenvalue weighted by atomic mass is 19.1. The Hall–Kier alpha value is -4.17. The quantitative estimate of drug-likeness (QED) is 0.417. The number of nitrogen functional groups attached to an aromatic ring is 1. The number of fused-ring (bicyclic) bond motifs is 1. The molecule has 37 heavy (non-hydrogen) atoms. The van der Waals surface area contributed by atoms with E-state index in [-0.39, 0.29) is 40.9 Å². The van der Waals surface area contributed by atoms with Crippen LogP contribution in [0.1, 0.15) is 35.2 Å². The van der Waals surface area contributed by atoms with Gasteiger partial charge < -0.3 is 24.8 Å². The SMILES string of the molecule is C=CC(=O)N1CC[C@H](n2nc(C#Cc3c(F)c(OC)cc(OC)c3F)c3c(N)ncc(C4COC4)c32)C1. The third kappa shape index (κ3) is 4.13. The van der Waals surface area contributed by atoms with Gasteiger partial charge in [0.15, 0.2) is 23.1 Å². The molecule has 9 nitrogen and oxygen atoms in total. The molecule has 2 aliphatic rings. The Kier molecular flexibility index (Phi) is 6.43. The minimum absolute atomic E-state index is 0.0942. The standard InChI is InChI=1S/C26H25F2N5O4/c1-4-21(34)32-8-7-15(11-32)33-25-17(14-12-37-13-14)10-30-26(29)22(25)18(31-33)6-5-16-23(27)19(35-2)9-20(36-3)24(16)28/h4,9-10,14-15H,1,7-8,11-13H2,2-3H3,(H2,29,30)/t15-/m0/s1. The molecular formula is C26H25F2N5O4. The van der Waals surface area contributed by atoms with Gasteiger partial charge in [-0.25, -0.2) is 13.8 Å². The molecule has 0 unspecified atom stereocenters. The van der Waals surface area contributed by atoms with Crippen molar-refractivity contribution in [3.63, 3.8) is 0 Å². The topological polar surface area (TPSA) is 105 Å². The molecule has 2 fully saturated rings. The Morgan fingerprint density at radius 2 is 1.95 bits per heavy atom. The Balaban J connectivity index is 1.68. The number of anilines is 1. The van der Waals surface area contributed by atoms with E-state index >= 15 is 0 Å². The average molecular weight is 510 g/mol. The van der Waals surface area contributed by atoms with Crippen molar-refractivity contribution in [1.29, 1.82) is 0 Å². The highest BCUT2D eigenvalue weighted by Gasteiger charge is 2.32. The lowest BCUT2D eigenvalue weighted by atomic mass is 9.96. The van der Waals surface area contributed by atoms with E-state index in [1.165, 1.54) is 20.3 Å². The second kappa shape index (κ2) is 9.71. The second-order valence-electron chi connectivity index (χ2n) is 8.81. The van der Waals surface area contributed by atoms with Crippen LogP contribution in [0.25, 0.3) is 10.9 Å². The fraction of sp³-hybridized carbons (Fsp3) is 0.346. The van der Waals surface area contributed by atoms with Crippen molar-refractivity contribution in [2.24, 2.45) is 0 Å². The number of carbonyl (C=O) groups is 1. The maximum atomic E-state index is 14.9. The summed E-state index contributed by atoms with van der Waals surface area (Å²) in [4.78, 5) is 18.2. The molecule has 2 saturated heterocycles. The van der Waals surface area contributed by atoms with E-state index in [0.29, 0.717) is 38.1 Å². The molecule has 11 heteroatoms. The summed E-state index contributed by atoms with van der Waals surface area (Å²) in [6, 6.07) is 0.958. The first-order valence-electron chi connectivity index (χ1n) is 11.7. The number of ether oxygens (including phenoxy) is 3. The Labute approximate surface area is 211 Å². The maximum absolute atomic E-state index is 14.9. The van der Waals surface area contributed by atoms with E-state index in [9.17, 15) is 13.6 Å². The fourth-order valence-electron chi connectivity index (χ4n) is 4.67. The average Bonchev–Trinajstić information content (AvgIpc) is 3.50. The van der Waals surface area contributed by atoms with Crippen molar-refractivity contribution in [2.75, 3.05) is 46.3 Å². The Morgan fingerprint density at radius 1 is 1.24 bits per heavy atom. The lowest BCUT2D eigenvalue weighted by Crippen LogP contribution is -2.28.